The van der Waals surface area contributed by atoms with E-state index in [1.54, 1.807) is 0 Å². The van der Waals surface area contributed by atoms with E-state index in [0.717, 1.165) is 0 Å². The van der Waals surface area contributed by atoms with Gasteiger partial charge in [0, 0.05) is 6.42 Å². The van der Waals surface area contributed by atoms with Crippen LogP contribution in [-0.2, 0) is 9.59 Å². The van der Waals surface area contributed by atoms with Gasteiger partial charge in [-0.2, -0.15) is 0 Å². The summed E-state index contributed by atoms with van der Waals surface area (Å²) in [5.74, 6) is -1.65. The van der Waals surface area contributed by atoms with Crippen molar-refractivity contribution >= 4 is 12.3 Å². The van der Waals surface area contributed by atoms with Crippen LogP contribution < -0.4 is 0 Å². The highest BCUT2D eigenvalue weighted by molar-refractivity contribution is 5.72. The molecule has 0 fully saturated rings. The van der Waals surface area contributed by atoms with E-state index >= 15 is 0 Å². The Balaban J connectivity index is 4.07. The molecule has 0 aromatic rings. The number of hydrogen-bond acceptors (Lipinski definition) is 5. The van der Waals surface area contributed by atoms with Crippen LogP contribution in [0.15, 0.2) is 0 Å². The second-order valence-electron chi connectivity index (χ2n) is 2.24. The van der Waals surface area contributed by atoms with Gasteiger partial charge in [0.15, 0.2) is 6.10 Å². The van der Waals surface area contributed by atoms with Gasteiger partial charge in [-0.3, -0.25) is 0 Å². The van der Waals surface area contributed by atoms with Crippen LogP contribution in [0.3, 0.4) is 0 Å². The number of carboxylic acids is 1. The van der Waals surface area contributed by atoms with Crippen LogP contribution in [0.25, 0.3) is 0 Å². The number of carboxylic acid groups (broad SMARTS) is 1. The van der Waals surface area contributed by atoms with Crippen molar-refractivity contribution in [3.63, 3.8) is 0 Å². The summed E-state index contributed by atoms with van der Waals surface area (Å²) < 4.78 is 0. The van der Waals surface area contributed by atoms with E-state index in [0.29, 0.717) is 6.29 Å². The van der Waals surface area contributed by atoms with E-state index < -0.39 is 30.7 Å². The Morgan fingerprint density at radius 3 is 2.17 bits per heavy atom. The summed E-state index contributed by atoms with van der Waals surface area (Å²) in [5, 5.41) is 34.5. The Bertz CT molecular complexity index is 167. The lowest BCUT2D eigenvalue weighted by Crippen LogP contribution is -2.42. The van der Waals surface area contributed by atoms with E-state index in [-0.39, 0.29) is 0 Å². The Morgan fingerprint density at radius 2 is 1.83 bits per heavy atom. The SMILES string of the molecule is O=CC[C@H](O)[C@H](O)[C@@H](O)C(=O)O. The highest BCUT2D eigenvalue weighted by atomic mass is 16.4. The Kier molecular flexibility index (Phi) is 4.42. The molecule has 0 aliphatic rings. The molecule has 0 amide bonds. The summed E-state index contributed by atoms with van der Waals surface area (Å²) >= 11 is 0. The van der Waals surface area contributed by atoms with Gasteiger partial charge in [0.2, 0.25) is 0 Å². The van der Waals surface area contributed by atoms with Crippen LogP contribution >= 0.6 is 0 Å². The zero-order chi connectivity index (χ0) is 9.72. The fourth-order valence-corrected chi connectivity index (χ4v) is 0.595. The molecule has 0 bridgehead atoms. The molecule has 0 aliphatic carbocycles. The number of carbonyl (C=O) groups excluding carboxylic acids is 1. The molecule has 0 saturated carbocycles. The molecule has 0 aromatic carbocycles. The molecule has 0 aliphatic heterocycles. The second kappa shape index (κ2) is 4.81. The lowest BCUT2D eigenvalue weighted by molar-refractivity contribution is -0.158. The molecular weight excluding hydrogens is 168 g/mol. The third-order valence-corrected chi connectivity index (χ3v) is 1.31. The third-order valence-electron chi connectivity index (χ3n) is 1.31. The van der Waals surface area contributed by atoms with Crippen molar-refractivity contribution in [2.24, 2.45) is 0 Å². The number of aliphatic carboxylic acids is 1. The molecule has 6 nitrogen and oxygen atoms in total. The monoisotopic (exact) mass is 178 g/mol. The van der Waals surface area contributed by atoms with Gasteiger partial charge in [-0.15, -0.1) is 0 Å². The minimum atomic E-state index is -2.07. The summed E-state index contributed by atoms with van der Waals surface area (Å²) in [6.07, 6.45) is -5.55. The summed E-state index contributed by atoms with van der Waals surface area (Å²) in [6, 6.07) is 0. The average Bonchev–Trinajstić information content (AvgIpc) is 2.02. The zero-order valence-electron chi connectivity index (χ0n) is 6.12. The summed E-state index contributed by atoms with van der Waals surface area (Å²) in [5.41, 5.74) is 0. The lowest BCUT2D eigenvalue weighted by atomic mass is 10.1. The summed E-state index contributed by atoms with van der Waals surface area (Å²) in [6.45, 7) is 0. The maximum absolute atomic E-state index is 10.0. The molecule has 12 heavy (non-hydrogen) atoms. The number of aliphatic hydroxyl groups is 3. The largest absolute Gasteiger partial charge is 0.479 e. The predicted octanol–water partition coefficient (Wildman–Crippen LogP) is -2.26. The first-order valence-corrected chi connectivity index (χ1v) is 3.21. The van der Waals surface area contributed by atoms with Crippen molar-refractivity contribution in [3.8, 4) is 0 Å². The van der Waals surface area contributed by atoms with Gasteiger partial charge in [0.1, 0.15) is 12.4 Å². The normalized spacial score (nSPS) is 17.9. The topological polar surface area (TPSA) is 115 Å². The molecule has 0 rings (SSSR count). The number of rotatable bonds is 5. The lowest BCUT2D eigenvalue weighted by Gasteiger charge is -2.17. The summed E-state index contributed by atoms with van der Waals surface area (Å²) in [4.78, 5) is 19.9. The van der Waals surface area contributed by atoms with Gasteiger partial charge in [-0.05, 0) is 0 Å². The van der Waals surface area contributed by atoms with Crippen LogP contribution in [0.1, 0.15) is 6.42 Å². The van der Waals surface area contributed by atoms with Crippen molar-refractivity contribution in [1.29, 1.82) is 0 Å². The first-order chi connectivity index (χ1) is 5.50. The standard InChI is InChI=1S/C6H10O6/c7-2-1-3(8)4(9)5(10)6(11)12/h2-5,8-10H,1H2,(H,11,12)/t3-,4-,5+/m0/s1. The number of hydrogen-bond donors (Lipinski definition) is 4. The average molecular weight is 178 g/mol. The van der Waals surface area contributed by atoms with E-state index in [1.807, 2.05) is 0 Å². The quantitative estimate of drug-likeness (QED) is 0.353. The van der Waals surface area contributed by atoms with Gasteiger partial charge in [-0.1, -0.05) is 0 Å². The first kappa shape index (κ1) is 11.0. The Morgan fingerprint density at radius 1 is 1.33 bits per heavy atom. The van der Waals surface area contributed by atoms with E-state index in [2.05, 4.69) is 0 Å². The predicted molar refractivity (Wildman–Crippen MR) is 36.3 cm³/mol. The highest BCUT2D eigenvalue weighted by Gasteiger charge is 2.29. The van der Waals surface area contributed by atoms with Gasteiger partial charge in [0.05, 0.1) is 6.10 Å². The Hall–Kier alpha value is -0.980. The van der Waals surface area contributed by atoms with Crippen LogP contribution in [0.4, 0.5) is 0 Å². The first-order valence-electron chi connectivity index (χ1n) is 3.21. The minimum absolute atomic E-state index is 0.322. The number of aliphatic hydroxyl groups excluding tert-OH is 3. The van der Waals surface area contributed by atoms with E-state index in [4.69, 9.17) is 20.4 Å². The number of carbonyl (C=O) groups is 2. The fraction of sp³-hybridized carbons (Fsp3) is 0.667. The molecule has 4 N–H and O–H groups in total. The van der Waals surface area contributed by atoms with Crippen LogP contribution in [0.5, 0.6) is 0 Å². The van der Waals surface area contributed by atoms with E-state index in [9.17, 15) is 9.59 Å². The molecule has 6 heteroatoms. The van der Waals surface area contributed by atoms with Crippen molar-refractivity contribution in [3.05, 3.63) is 0 Å². The van der Waals surface area contributed by atoms with Crippen LogP contribution in [-0.4, -0.2) is 51.0 Å². The maximum Gasteiger partial charge on any atom is 0.335 e. The van der Waals surface area contributed by atoms with Crippen molar-refractivity contribution in [2.45, 2.75) is 24.7 Å². The fourth-order valence-electron chi connectivity index (χ4n) is 0.595. The molecular formula is C6H10O6. The van der Waals surface area contributed by atoms with Crippen molar-refractivity contribution in [2.75, 3.05) is 0 Å². The molecule has 0 radical (unpaired) electrons. The molecule has 0 aromatic heterocycles. The molecule has 0 saturated heterocycles. The Labute approximate surface area is 68.1 Å². The molecule has 70 valence electrons. The van der Waals surface area contributed by atoms with Gasteiger partial charge in [-0.25, -0.2) is 4.79 Å². The molecule has 3 atom stereocenters. The van der Waals surface area contributed by atoms with Crippen LogP contribution in [0.2, 0.25) is 0 Å². The highest BCUT2D eigenvalue weighted by Crippen LogP contribution is 2.02. The minimum Gasteiger partial charge on any atom is -0.479 e. The molecule has 0 unspecified atom stereocenters. The van der Waals surface area contributed by atoms with Crippen molar-refractivity contribution in [1.82, 2.24) is 0 Å². The van der Waals surface area contributed by atoms with Crippen molar-refractivity contribution < 1.29 is 30.0 Å². The van der Waals surface area contributed by atoms with E-state index in [1.165, 1.54) is 0 Å². The van der Waals surface area contributed by atoms with Crippen LogP contribution in [0, 0.1) is 0 Å². The number of aldehydes is 1. The third kappa shape index (κ3) is 2.95. The van der Waals surface area contributed by atoms with Gasteiger partial charge in [0.25, 0.3) is 0 Å². The second-order valence-corrected chi connectivity index (χ2v) is 2.24. The molecule has 0 spiro atoms. The van der Waals surface area contributed by atoms with Gasteiger partial charge < -0.3 is 25.2 Å². The maximum atomic E-state index is 10.0. The summed E-state index contributed by atoms with van der Waals surface area (Å²) in [7, 11) is 0. The smallest absolute Gasteiger partial charge is 0.335 e. The molecule has 0 heterocycles. The van der Waals surface area contributed by atoms with Gasteiger partial charge >= 0.3 is 5.97 Å². The zero-order valence-corrected chi connectivity index (χ0v) is 6.12.